The molecular weight excluding hydrogens is 483 g/mol. The van der Waals surface area contributed by atoms with Crippen molar-refractivity contribution in [1.29, 1.82) is 0 Å². The minimum absolute atomic E-state index is 0.00811. The molecule has 0 unspecified atom stereocenters. The molecular formula is C19H18ClFN4O5S2. The van der Waals surface area contributed by atoms with Crippen molar-refractivity contribution in [3.8, 4) is 5.75 Å². The van der Waals surface area contributed by atoms with Crippen LogP contribution in [-0.4, -0.2) is 40.5 Å². The third kappa shape index (κ3) is 4.05. The van der Waals surface area contributed by atoms with Crippen LogP contribution in [0.25, 0.3) is 0 Å². The third-order valence-electron chi connectivity index (χ3n) is 5.28. The Kier molecular flexibility index (Phi) is 6.10. The number of nitrogens with zero attached hydrogens (tertiary/aromatic N) is 4. The maximum Gasteiger partial charge on any atom is 0.427 e. The molecule has 3 aromatic rings. The zero-order valence-electron chi connectivity index (χ0n) is 16.7. The molecule has 1 aliphatic rings. The smallest absolute Gasteiger partial charge is 0.427 e. The van der Waals surface area contributed by atoms with Gasteiger partial charge in [-0.3, -0.25) is 4.68 Å². The molecule has 0 saturated heterocycles. The van der Waals surface area contributed by atoms with Crippen molar-refractivity contribution in [3.63, 3.8) is 0 Å². The highest BCUT2D eigenvalue weighted by atomic mass is 35.5. The van der Waals surface area contributed by atoms with Crippen molar-refractivity contribution in [2.45, 2.75) is 36.2 Å². The number of hydrogen-bond donors (Lipinski definition) is 1. The molecule has 1 aliphatic carbocycles. The zero-order chi connectivity index (χ0) is 23.0. The summed E-state index contributed by atoms with van der Waals surface area (Å²) in [6.07, 6.45) is 2.04. The Morgan fingerprint density at radius 1 is 1.41 bits per heavy atom. The van der Waals surface area contributed by atoms with E-state index in [-0.39, 0.29) is 32.9 Å². The Bertz CT molecular complexity index is 1250. The molecule has 2 aromatic heterocycles. The summed E-state index contributed by atoms with van der Waals surface area (Å²) >= 11 is 7.24. The van der Waals surface area contributed by atoms with Gasteiger partial charge in [-0.15, -0.1) is 15.6 Å². The summed E-state index contributed by atoms with van der Waals surface area (Å²) in [5.74, 6) is -1.53. The maximum atomic E-state index is 14.9. The number of sulfonamides is 1. The normalized spacial score (nSPS) is 18.6. The number of ether oxygens (including phenoxy) is 1. The molecule has 1 amide bonds. The fraction of sp³-hybridized carbons (Fsp3) is 0.316. The molecule has 1 saturated carbocycles. The molecule has 1 aromatic carbocycles. The molecule has 1 N–H and O–H groups in total. The zero-order valence-corrected chi connectivity index (χ0v) is 19.1. The maximum absolute atomic E-state index is 14.9. The summed E-state index contributed by atoms with van der Waals surface area (Å²) in [7, 11) is -2.99. The number of rotatable bonds is 6. The summed E-state index contributed by atoms with van der Waals surface area (Å²) < 4.78 is 48.5. The first kappa shape index (κ1) is 22.5. The van der Waals surface area contributed by atoms with E-state index in [0.717, 1.165) is 42.0 Å². The first-order valence-electron chi connectivity index (χ1n) is 9.50. The molecule has 2 atom stereocenters. The van der Waals surface area contributed by atoms with Gasteiger partial charge in [-0.2, -0.15) is 5.10 Å². The number of carboxylic acid groups (broad SMARTS) is 1. The van der Waals surface area contributed by atoms with Crippen LogP contribution in [0.4, 0.5) is 15.0 Å². The van der Waals surface area contributed by atoms with Crippen LogP contribution in [-0.2, 0) is 17.1 Å². The Morgan fingerprint density at radius 3 is 2.81 bits per heavy atom. The van der Waals surface area contributed by atoms with Crippen molar-refractivity contribution in [1.82, 2.24) is 14.8 Å². The molecule has 0 aliphatic heterocycles. The minimum Gasteiger partial charge on any atom is -0.488 e. The lowest BCUT2D eigenvalue weighted by molar-refractivity contribution is 0.186. The largest absolute Gasteiger partial charge is 0.488 e. The second kappa shape index (κ2) is 8.68. The molecule has 0 bridgehead atoms. The molecule has 1 fully saturated rings. The van der Waals surface area contributed by atoms with Gasteiger partial charge in [-0.25, -0.2) is 22.6 Å². The molecule has 13 heteroatoms. The number of carbonyl (C=O) groups is 1. The standard InChI is InChI=1S/C19H18ClFN4O5S2/c1-24-14(5-6-23-24)11-3-2-4-15(11)30-16-8-13(21)17(7-12(16)20)32(28,29)25(19(26)27)18-9-31-10-22-18/h5-11,15H,2-4H2,1H3,(H,26,27)/t11-,15+/m1/s1. The lowest BCUT2D eigenvalue weighted by Gasteiger charge is -2.23. The van der Waals surface area contributed by atoms with Crippen molar-refractivity contribution < 1.29 is 27.4 Å². The van der Waals surface area contributed by atoms with Gasteiger partial charge in [0, 0.05) is 36.3 Å². The summed E-state index contributed by atoms with van der Waals surface area (Å²) in [4.78, 5) is 14.4. The Labute approximate surface area is 192 Å². The minimum atomic E-state index is -4.82. The van der Waals surface area contributed by atoms with E-state index in [0.29, 0.717) is 6.42 Å². The fourth-order valence-corrected chi connectivity index (χ4v) is 6.02. The predicted octanol–water partition coefficient (Wildman–Crippen LogP) is 4.26. The van der Waals surface area contributed by atoms with Gasteiger partial charge in [0.1, 0.15) is 22.6 Å². The van der Waals surface area contributed by atoms with Crippen LogP contribution in [0, 0.1) is 5.82 Å². The van der Waals surface area contributed by atoms with E-state index in [1.165, 1.54) is 10.9 Å². The van der Waals surface area contributed by atoms with Gasteiger partial charge < -0.3 is 9.84 Å². The summed E-state index contributed by atoms with van der Waals surface area (Å²) in [5.41, 5.74) is 2.24. The van der Waals surface area contributed by atoms with Crippen molar-refractivity contribution in [2.24, 2.45) is 7.05 Å². The van der Waals surface area contributed by atoms with Crippen LogP contribution in [0.3, 0.4) is 0 Å². The van der Waals surface area contributed by atoms with Gasteiger partial charge in [-0.1, -0.05) is 11.6 Å². The topological polar surface area (TPSA) is 115 Å². The van der Waals surface area contributed by atoms with Gasteiger partial charge in [0.15, 0.2) is 5.82 Å². The van der Waals surface area contributed by atoms with Crippen LogP contribution in [0.5, 0.6) is 5.75 Å². The number of benzene rings is 1. The summed E-state index contributed by atoms with van der Waals surface area (Å²) in [5, 5.41) is 14.7. The van der Waals surface area contributed by atoms with Crippen LogP contribution in [0.15, 0.2) is 40.2 Å². The Balaban J connectivity index is 1.65. The first-order chi connectivity index (χ1) is 15.2. The predicted molar refractivity (Wildman–Crippen MR) is 115 cm³/mol. The van der Waals surface area contributed by atoms with Crippen molar-refractivity contribution >= 4 is 44.9 Å². The molecule has 32 heavy (non-hydrogen) atoms. The lowest BCUT2D eigenvalue weighted by Crippen LogP contribution is -2.36. The molecule has 0 spiro atoms. The van der Waals surface area contributed by atoms with E-state index in [2.05, 4.69) is 10.1 Å². The van der Waals surface area contributed by atoms with Gasteiger partial charge in [-0.05, 0) is 31.4 Å². The van der Waals surface area contributed by atoms with E-state index < -0.39 is 26.8 Å². The molecule has 2 heterocycles. The molecule has 4 rings (SSSR count). The summed E-state index contributed by atoms with van der Waals surface area (Å²) in [6, 6.07) is 3.62. The van der Waals surface area contributed by atoms with Crippen LogP contribution >= 0.6 is 22.9 Å². The van der Waals surface area contributed by atoms with E-state index in [4.69, 9.17) is 16.3 Å². The van der Waals surface area contributed by atoms with Gasteiger partial charge in [0.2, 0.25) is 0 Å². The highest BCUT2D eigenvalue weighted by Gasteiger charge is 2.36. The number of hydrogen-bond acceptors (Lipinski definition) is 7. The van der Waals surface area contributed by atoms with E-state index in [1.54, 1.807) is 10.9 Å². The average molecular weight is 501 g/mol. The number of aromatic nitrogens is 3. The monoisotopic (exact) mass is 500 g/mol. The van der Waals surface area contributed by atoms with Crippen LogP contribution < -0.4 is 9.04 Å². The number of anilines is 1. The SMILES string of the molecule is Cn1nccc1[C@H]1CCC[C@@H]1Oc1cc(F)c(S(=O)(=O)N(C(=O)O)c2cscn2)cc1Cl. The number of aryl methyl sites for hydroxylation is 1. The van der Waals surface area contributed by atoms with Gasteiger partial charge >= 0.3 is 6.09 Å². The molecule has 170 valence electrons. The molecule has 0 radical (unpaired) electrons. The number of thiazole rings is 1. The summed E-state index contributed by atoms with van der Waals surface area (Å²) in [6.45, 7) is 0. The number of amides is 1. The van der Waals surface area contributed by atoms with Crippen molar-refractivity contribution in [2.75, 3.05) is 4.31 Å². The van der Waals surface area contributed by atoms with Gasteiger partial charge in [0.05, 0.1) is 10.5 Å². The van der Waals surface area contributed by atoms with Crippen LogP contribution in [0.1, 0.15) is 30.9 Å². The Morgan fingerprint density at radius 2 is 2.19 bits per heavy atom. The van der Waals surface area contributed by atoms with E-state index in [1.807, 2.05) is 13.1 Å². The lowest BCUT2D eigenvalue weighted by atomic mass is 10.0. The highest BCUT2D eigenvalue weighted by molar-refractivity contribution is 7.93. The second-order valence-electron chi connectivity index (χ2n) is 7.19. The van der Waals surface area contributed by atoms with E-state index >= 15 is 0 Å². The third-order valence-corrected chi connectivity index (χ3v) is 7.84. The second-order valence-corrected chi connectivity index (χ2v) is 10.1. The van der Waals surface area contributed by atoms with Gasteiger partial charge in [0.25, 0.3) is 10.0 Å². The number of halogens is 2. The van der Waals surface area contributed by atoms with E-state index in [9.17, 15) is 22.7 Å². The van der Waals surface area contributed by atoms with Crippen LogP contribution in [0.2, 0.25) is 5.02 Å². The first-order valence-corrected chi connectivity index (χ1v) is 12.3. The quantitative estimate of drug-likeness (QED) is 0.537. The average Bonchev–Trinajstić information content (AvgIpc) is 3.46. The Hall–Kier alpha value is -2.70. The highest BCUT2D eigenvalue weighted by Crippen LogP contribution is 2.40. The van der Waals surface area contributed by atoms with Crippen molar-refractivity contribution in [3.05, 3.63) is 51.8 Å². The fourth-order valence-electron chi connectivity index (χ4n) is 3.84. The molecule has 9 nitrogen and oxygen atoms in total.